The molecule has 2 heterocycles. The zero-order chi connectivity index (χ0) is 20.6. The molecule has 1 saturated carbocycles. The first-order valence-corrected chi connectivity index (χ1v) is 9.05. The Labute approximate surface area is 163 Å². The molecule has 0 spiro atoms. The number of halogens is 4. The molecule has 0 amide bonds. The molecule has 1 fully saturated rings. The number of alkyl halides is 3. The Balaban J connectivity index is 1.32. The lowest BCUT2D eigenvalue weighted by molar-refractivity contribution is -0.141. The predicted octanol–water partition coefficient (Wildman–Crippen LogP) is 4.07. The molecule has 4 rings (SSSR count). The van der Waals surface area contributed by atoms with E-state index in [0.29, 0.717) is 41.9 Å². The van der Waals surface area contributed by atoms with Gasteiger partial charge in [-0.05, 0) is 48.6 Å². The van der Waals surface area contributed by atoms with E-state index in [-0.39, 0.29) is 18.0 Å². The van der Waals surface area contributed by atoms with E-state index in [4.69, 9.17) is 10.5 Å². The topological polar surface area (TPSA) is 73.1 Å². The number of nitrogens with two attached hydrogens (primary N) is 1. The van der Waals surface area contributed by atoms with Crippen LogP contribution in [0.4, 0.5) is 23.4 Å². The number of hydrogen-bond donors (Lipinski definition) is 2. The molecular formula is C20H18F4N4O. The summed E-state index contributed by atoms with van der Waals surface area (Å²) in [6.07, 6.45) is -0.578. The first-order valence-electron chi connectivity index (χ1n) is 9.05. The minimum Gasteiger partial charge on any atom is -0.489 e. The largest absolute Gasteiger partial charge is 0.489 e. The molecule has 1 aromatic carbocycles. The molecule has 0 saturated heterocycles. The lowest BCUT2D eigenvalue weighted by Gasteiger charge is -2.36. The summed E-state index contributed by atoms with van der Waals surface area (Å²) in [4.78, 5) is 7.40. The minimum absolute atomic E-state index is 0.122. The van der Waals surface area contributed by atoms with Gasteiger partial charge in [-0.1, -0.05) is 0 Å². The first kappa shape index (κ1) is 19.4. The van der Waals surface area contributed by atoms with E-state index in [2.05, 4.69) is 15.3 Å². The standard InChI is InChI=1S/C20H18F4N4O/c21-17-3-1-11-8-28-19(25)7-15(11)16(17)10-26-12-5-14(6-12)29-13-2-4-18(27-9-13)20(22,23)24/h1-4,7-9,12,14,26H,5-6,10H2,(H2,25,28)/t12-,14-. The molecule has 2 aromatic heterocycles. The summed E-state index contributed by atoms with van der Waals surface area (Å²) in [5, 5.41) is 4.81. The van der Waals surface area contributed by atoms with Crippen molar-refractivity contribution >= 4 is 16.6 Å². The van der Waals surface area contributed by atoms with Crippen LogP contribution < -0.4 is 15.8 Å². The number of nitrogens with zero attached hydrogens (tertiary/aromatic N) is 2. The lowest BCUT2D eigenvalue weighted by Crippen LogP contribution is -2.46. The monoisotopic (exact) mass is 406 g/mol. The number of benzene rings is 1. The van der Waals surface area contributed by atoms with Gasteiger partial charge >= 0.3 is 6.18 Å². The third-order valence-corrected chi connectivity index (χ3v) is 4.97. The van der Waals surface area contributed by atoms with Gasteiger partial charge in [-0.25, -0.2) is 14.4 Å². The Bertz CT molecular complexity index is 1010. The van der Waals surface area contributed by atoms with Crippen molar-refractivity contribution in [2.75, 3.05) is 5.73 Å². The van der Waals surface area contributed by atoms with Gasteiger partial charge in [-0.2, -0.15) is 13.2 Å². The van der Waals surface area contributed by atoms with Gasteiger partial charge in [0.1, 0.15) is 29.2 Å². The fraction of sp³-hybridized carbons (Fsp3) is 0.300. The summed E-state index contributed by atoms with van der Waals surface area (Å²) in [6.45, 7) is 0.325. The number of pyridine rings is 2. The third-order valence-electron chi connectivity index (χ3n) is 4.97. The molecule has 3 aromatic rings. The van der Waals surface area contributed by atoms with Crippen molar-refractivity contribution in [3.63, 3.8) is 0 Å². The maximum atomic E-state index is 14.3. The van der Waals surface area contributed by atoms with Crippen molar-refractivity contribution in [3.8, 4) is 5.75 Å². The van der Waals surface area contributed by atoms with Crippen LogP contribution in [0.5, 0.6) is 5.75 Å². The van der Waals surface area contributed by atoms with Gasteiger partial charge < -0.3 is 15.8 Å². The average molecular weight is 406 g/mol. The molecule has 1 aliphatic carbocycles. The van der Waals surface area contributed by atoms with Gasteiger partial charge in [0, 0.05) is 29.7 Å². The van der Waals surface area contributed by atoms with Crippen LogP contribution in [0, 0.1) is 5.82 Å². The molecule has 0 bridgehead atoms. The quantitative estimate of drug-likeness (QED) is 0.625. The van der Waals surface area contributed by atoms with E-state index in [1.165, 1.54) is 12.1 Å². The molecule has 5 nitrogen and oxygen atoms in total. The van der Waals surface area contributed by atoms with Gasteiger partial charge in [0.15, 0.2) is 0 Å². The molecule has 9 heteroatoms. The van der Waals surface area contributed by atoms with Crippen LogP contribution in [0.3, 0.4) is 0 Å². The fourth-order valence-electron chi connectivity index (χ4n) is 3.33. The van der Waals surface area contributed by atoms with Crippen molar-refractivity contribution in [1.82, 2.24) is 15.3 Å². The van der Waals surface area contributed by atoms with Crippen molar-refractivity contribution < 1.29 is 22.3 Å². The Morgan fingerprint density at radius 1 is 1.10 bits per heavy atom. The Morgan fingerprint density at radius 3 is 2.59 bits per heavy atom. The zero-order valence-electron chi connectivity index (χ0n) is 15.2. The molecule has 0 unspecified atom stereocenters. The Kier molecular flexibility index (Phi) is 4.99. The summed E-state index contributed by atoms with van der Waals surface area (Å²) < 4.78 is 57.5. The Morgan fingerprint density at radius 2 is 1.90 bits per heavy atom. The van der Waals surface area contributed by atoms with Crippen molar-refractivity contribution in [2.45, 2.75) is 37.7 Å². The van der Waals surface area contributed by atoms with E-state index in [1.54, 1.807) is 18.3 Å². The van der Waals surface area contributed by atoms with Crippen molar-refractivity contribution in [1.29, 1.82) is 0 Å². The maximum Gasteiger partial charge on any atom is 0.433 e. The van der Waals surface area contributed by atoms with E-state index in [1.807, 2.05) is 0 Å². The molecule has 1 aliphatic rings. The van der Waals surface area contributed by atoms with Crippen LogP contribution in [0.1, 0.15) is 24.1 Å². The predicted molar refractivity (Wildman–Crippen MR) is 99.6 cm³/mol. The molecule has 0 atom stereocenters. The maximum absolute atomic E-state index is 14.3. The molecule has 0 aliphatic heterocycles. The van der Waals surface area contributed by atoms with Crippen LogP contribution in [0.15, 0.2) is 42.7 Å². The number of fused-ring (bicyclic) bond motifs is 1. The highest BCUT2D eigenvalue weighted by atomic mass is 19.4. The second kappa shape index (κ2) is 7.47. The fourth-order valence-corrected chi connectivity index (χ4v) is 3.33. The van der Waals surface area contributed by atoms with Crippen molar-refractivity contribution in [3.05, 3.63) is 59.8 Å². The molecular weight excluding hydrogens is 388 g/mol. The molecule has 29 heavy (non-hydrogen) atoms. The second-order valence-electron chi connectivity index (χ2n) is 7.02. The average Bonchev–Trinajstić information content (AvgIpc) is 2.64. The highest BCUT2D eigenvalue weighted by Crippen LogP contribution is 2.30. The normalized spacial score (nSPS) is 19.2. The number of anilines is 1. The number of nitrogen functional groups attached to an aromatic ring is 1. The second-order valence-corrected chi connectivity index (χ2v) is 7.02. The number of aromatic nitrogens is 2. The molecule has 3 N–H and O–H groups in total. The highest BCUT2D eigenvalue weighted by Gasteiger charge is 2.33. The van der Waals surface area contributed by atoms with Crippen LogP contribution in [0.25, 0.3) is 10.8 Å². The SMILES string of the molecule is Nc1cc2c(CN[C@H]3C[C@H](Oc4ccc(C(F)(F)F)nc4)C3)c(F)ccc2cn1. The van der Waals surface area contributed by atoms with Gasteiger partial charge in [0.05, 0.1) is 6.20 Å². The number of nitrogens with one attached hydrogen (secondary N) is 1. The van der Waals surface area contributed by atoms with E-state index in [9.17, 15) is 17.6 Å². The first-order chi connectivity index (χ1) is 13.8. The molecule has 152 valence electrons. The van der Waals surface area contributed by atoms with E-state index < -0.39 is 11.9 Å². The smallest absolute Gasteiger partial charge is 0.433 e. The highest BCUT2D eigenvalue weighted by molar-refractivity contribution is 5.87. The van der Waals surface area contributed by atoms with E-state index >= 15 is 0 Å². The number of ether oxygens (including phenoxy) is 1. The Hall–Kier alpha value is -2.94. The molecule has 0 radical (unpaired) electrons. The minimum atomic E-state index is -4.47. The summed E-state index contributed by atoms with van der Waals surface area (Å²) >= 11 is 0. The summed E-state index contributed by atoms with van der Waals surface area (Å²) in [5.41, 5.74) is 5.29. The van der Waals surface area contributed by atoms with Gasteiger partial charge in [0.25, 0.3) is 0 Å². The van der Waals surface area contributed by atoms with Gasteiger partial charge in [-0.3, -0.25) is 0 Å². The lowest BCUT2D eigenvalue weighted by atomic mass is 9.89. The summed E-state index contributed by atoms with van der Waals surface area (Å²) in [6, 6.07) is 7.00. The van der Waals surface area contributed by atoms with Crippen LogP contribution in [-0.4, -0.2) is 22.1 Å². The third kappa shape index (κ3) is 4.24. The number of rotatable bonds is 5. The van der Waals surface area contributed by atoms with E-state index in [0.717, 1.165) is 17.6 Å². The summed E-state index contributed by atoms with van der Waals surface area (Å²) in [5.74, 6) is 0.301. The zero-order valence-corrected chi connectivity index (χ0v) is 15.2. The van der Waals surface area contributed by atoms with Crippen LogP contribution in [-0.2, 0) is 12.7 Å². The summed E-state index contributed by atoms with van der Waals surface area (Å²) in [7, 11) is 0. The van der Waals surface area contributed by atoms with Gasteiger partial charge in [-0.15, -0.1) is 0 Å². The number of hydrogen-bond acceptors (Lipinski definition) is 5. The van der Waals surface area contributed by atoms with Crippen LogP contribution >= 0.6 is 0 Å². The van der Waals surface area contributed by atoms with Gasteiger partial charge in [0.2, 0.25) is 0 Å². The van der Waals surface area contributed by atoms with Crippen LogP contribution in [0.2, 0.25) is 0 Å². The van der Waals surface area contributed by atoms with Crippen molar-refractivity contribution in [2.24, 2.45) is 0 Å².